The van der Waals surface area contributed by atoms with Crippen LogP contribution in [0.15, 0.2) is 29.8 Å². The zero-order valence-corrected chi connectivity index (χ0v) is 16.4. The highest BCUT2D eigenvalue weighted by Crippen LogP contribution is 2.26. The molecule has 0 saturated carbocycles. The second-order valence-electron chi connectivity index (χ2n) is 5.73. The van der Waals surface area contributed by atoms with E-state index in [0.717, 1.165) is 25.9 Å². The van der Waals surface area contributed by atoms with Crippen LogP contribution in [0.4, 0.5) is 0 Å². The second kappa shape index (κ2) is 11.9. The Bertz CT molecular complexity index is 569. The quantitative estimate of drug-likeness (QED) is 0.385. The molecule has 1 aromatic carbocycles. The Kier molecular flexibility index (Phi) is 10.3. The van der Waals surface area contributed by atoms with Crippen molar-refractivity contribution in [2.45, 2.75) is 53.1 Å². The molecule has 25 heavy (non-hydrogen) atoms. The number of benzene rings is 1. The molecule has 0 heterocycles. The van der Waals surface area contributed by atoms with Crippen molar-refractivity contribution in [1.82, 2.24) is 0 Å². The fraction of sp³-hybridized carbons (Fsp3) is 0.550. The van der Waals surface area contributed by atoms with E-state index in [4.69, 9.17) is 25.8 Å². The van der Waals surface area contributed by atoms with Gasteiger partial charge in [-0.2, -0.15) is 0 Å². The molecule has 1 atom stereocenters. The number of halogens is 1. The smallest absolute Gasteiger partial charge is 0.338 e. The van der Waals surface area contributed by atoms with Gasteiger partial charge in [0.15, 0.2) is 0 Å². The molecule has 1 aromatic rings. The van der Waals surface area contributed by atoms with Gasteiger partial charge in [-0.15, -0.1) is 0 Å². The average Bonchev–Trinajstić information content (AvgIpc) is 2.61. The van der Waals surface area contributed by atoms with Crippen molar-refractivity contribution in [2.75, 3.05) is 19.8 Å². The summed E-state index contributed by atoms with van der Waals surface area (Å²) in [6.45, 7) is 9.58. The summed E-state index contributed by atoms with van der Waals surface area (Å²) in [5.74, 6) is 0.169. The first-order valence-electron chi connectivity index (χ1n) is 8.90. The van der Waals surface area contributed by atoms with Crippen molar-refractivity contribution in [3.8, 4) is 5.75 Å². The van der Waals surface area contributed by atoms with E-state index in [-0.39, 0.29) is 5.97 Å². The van der Waals surface area contributed by atoms with Crippen molar-refractivity contribution in [1.29, 1.82) is 0 Å². The summed E-state index contributed by atoms with van der Waals surface area (Å²) in [6, 6.07) is 4.92. The van der Waals surface area contributed by atoms with Crippen LogP contribution in [0.3, 0.4) is 0 Å². The molecule has 0 fully saturated rings. The van der Waals surface area contributed by atoms with Crippen molar-refractivity contribution >= 4 is 17.6 Å². The van der Waals surface area contributed by atoms with Crippen molar-refractivity contribution in [3.63, 3.8) is 0 Å². The normalized spacial score (nSPS) is 12.8. The standard InChI is InChI=1S/C20H29ClO4/c1-5-15(4)24-12-10-16(6-2)11-13-25-19-9-8-17(14-18(19)21)20(22)23-7-3/h8-9,11,14-15H,5-7,10,12-13H2,1-4H3. The van der Waals surface area contributed by atoms with E-state index in [1.807, 2.05) is 0 Å². The predicted molar refractivity (Wildman–Crippen MR) is 102 cm³/mol. The van der Waals surface area contributed by atoms with Gasteiger partial charge in [-0.1, -0.05) is 31.0 Å². The Morgan fingerprint density at radius 1 is 1.28 bits per heavy atom. The molecule has 1 unspecified atom stereocenters. The van der Waals surface area contributed by atoms with Gasteiger partial charge in [0, 0.05) is 0 Å². The van der Waals surface area contributed by atoms with Gasteiger partial charge in [0.25, 0.3) is 0 Å². The predicted octanol–water partition coefficient (Wildman–Crippen LogP) is 5.44. The van der Waals surface area contributed by atoms with Gasteiger partial charge < -0.3 is 14.2 Å². The van der Waals surface area contributed by atoms with Gasteiger partial charge in [-0.05, 0) is 57.4 Å². The van der Waals surface area contributed by atoms with Crippen LogP contribution in [0.1, 0.15) is 57.3 Å². The van der Waals surface area contributed by atoms with Gasteiger partial charge in [-0.25, -0.2) is 4.79 Å². The first-order valence-corrected chi connectivity index (χ1v) is 9.28. The number of esters is 1. The Morgan fingerprint density at radius 2 is 2.04 bits per heavy atom. The Balaban J connectivity index is 2.54. The van der Waals surface area contributed by atoms with Crippen LogP contribution < -0.4 is 4.74 Å². The maximum atomic E-state index is 11.7. The molecule has 0 saturated heterocycles. The average molecular weight is 369 g/mol. The van der Waals surface area contributed by atoms with Crippen molar-refractivity contribution < 1.29 is 19.0 Å². The van der Waals surface area contributed by atoms with Gasteiger partial charge in [0.05, 0.1) is 29.9 Å². The molecule has 0 aromatic heterocycles. The summed E-state index contributed by atoms with van der Waals surface area (Å²) in [5, 5.41) is 0.400. The highest BCUT2D eigenvalue weighted by atomic mass is 35.5. The minimum Gasteiger partial charge on any atom is -0.488 e. The maximum absolute atomic E-state index is 11.7. The third kappa shape index (κ3) is 7.93. The third-order valence-corrected chi connectivity index (χ3v) is 4.20. The van der Waals surface area contributed by atoms with Gasteiger partial charge >= 0.3 is 5.97 Å². The molecule has 5 heteroatoms. The molecule has 4 nitrogen and oxygen atoms in total. The van der Waals surface area contributed by atoms with E-state index in [1.54, 1.807) is 25.1 Å². The summed E-state index contributed by atoms with van der Waals surface area (Å²) in [4.78, 5) is 11.7. The zero-order valence-electron chi connectivity index (χ0n) is 15.6. The summed E-state index contributed by atoms with van der Waals surface area (Å²) in [6.07, 6.45) is 5.25. The zero-order chi connectivity index (χ0) is 18.7. The molecule has 0 aliphatic heterocycles. The number of ether oxygens (including phenoxy) is 3. The largest absolute Gasteiger partial charge is 0.488 e. The second-order valence-corrected chi connectivity index (χ2v) is 6.14. The van der Waals surface area contributed by atoms with E-state index in [1.165, 1.54) is 5.57 Å². The van der Waals surface area contributed by atoms with E-state index in [9.17, 15) is 4.79 Å². The molecular weight excluding hydrogens is 340 g/mol. The molecule has 0 amide bonds. The van der Waals surface area contributed by atoms with E-state index in [2.05, 4.69) is 26.8 Å². The van der Waals surface area contributed by atoms with E-state index < -0.39 is 0 Å². The van der Waals surface area contributed by atoms with Gasteiger partial charge in [0.2, 0.25) is 0 Å². The van der Waals surface area contributed by atoms with E-state index in [0.29, 0.717) is 35.7 Å². The van der Waals surface area contributed by atoms with Crippen LogP contribution in [0.5, 0.6) is 5.75 Å². The lowest BCUT2D eigenvalue weighted by atomic mass is 10.1. The van der Waals surface area contributed by atoms with Crippen LogP contribution in [0.25, 0.3) is 0 Å². The number of carbonyl (C=O) groups is 1. The number of hydrogen-bond donors (Lipinski definition) is 0. The van der Waals surface area contributed by atoms with Crippen LogP contribution >= 0.6 is 11.6 Å². The van der Waals surface area contributed by atoms with Crippen LogP contribution in [-0.2, 0) is 9.47 Å². The third-order valence-electron chi connectivity index (χ3n) is 3.91. The monoisotopic (exact) mass is 368 g/mol. The highest BCUT2D eigenvalue weighted by Gasteiger charge is 2.10. The molecular formula is C20H29ClO4. The first kappa shape index (κ1) is 21.5. The molecule has 1 rings (SSSR count). The van der Waals surface area contributed by atoms with Gasteiger partial charge in [0.1, 0.15) is 12.4 Å². The molecule has 0 aliphatic rings. The molecule has 0 spiro atoms. The van der Waals surface area contributed by atoms with Crippen LogP contribution in [-0.4, -0.2) is 31.9 Å². The number of hydrogen-bond acceptors (Lipinski definition) is 4. The topological polar surface area (TPSA) is 44.8 Å². The lowest BCUT2D eigenvalue weighted by Crippen LogP contribution is -2.08. The van der Waals surface area contributed by atoms with Gasteiger partial charge in [-0.3, -0.25) is 0 Å². The first-order chi connectivity index (χ1) is 12.0. The van der Waals surface area contributed by atoms with Crippen LogP contribution in [0.2, 0.25) is 5.02 Å². The van der Waals surface area contributed by atoms with E-state index >= 15 is 0 Å². The summed E-state index contributed by atoms with van der Waals surface area (Å²) in [7, 11) is 0. The number of carbonyl (C=O) groups excluding carboxylic acids is 1. The molecule has 0 bridgehead atoms. The molecule has 140 valence electrons. The lowest BCUT2D eigenvalue weighted by molar-refractivity contribution is 0.0526. The van der Waals surface area contributed by atoms with Crippen molar-refractivity contribution in [3.05, 3.63) is 40.4 Å². The highest BCUT2D eigenvalue weighted by molar-refractivity contribution is 6.32. The Hall–Kier alpha value is -1.52. The Morgan fingerprint density at radius 3 is 2.64 bits per heavy atom. The molecule has 0 radical (unpaired) electrons. The fourth-order valence-corrected chi connectivity index (χ4v) is 2.38. The van der Waals surface area contributed by atoms with Crippen molar-refractivity contribution in [2.24, 2.45) is 0 Å². The summed E-state index contributed by atoms with van der Waals surface area (Å²) >= 11 is 6.18. The Labute approximate surface area is 156 Å². The van der Waals surface area contributed by atoms with Crippen LogP contribution in [0, 0.1) is 0 Å². The molecule has 0 aliphatic carbocycles. The SMILES string of the molecule is CCOC(=O)c1ccc(OCC=C(CC)CCOC(C)CC)c(Cl)c1. The molecule has 0 N–H and O–H groups in total. The minimum atomic E-state index is -0.384. The maximum Gasteiger partial charge on any atom is 0.338 e. The lowest BCUT2D eigenvalue weighted by Gasteiger charge is -2.12. The number of rotatable bonds is 11. The summed E-state index contributed by atoms with van der Waals surface area (Å²) < 4.78 is 16.4. The summed E-state index contributed by atoms with van der Waals surface area (Å²) in [5.41, 5.74) is 1.72. The fourth-order valence-electron chi connectivity index (χ4n) is 2.14. The minimum absolute atomic E-state index is 0.297.